The van der Waals surface area contributed by atoms with Gasteiger partial charge in [0.05, 0.1) is 0 Å². The van der Waals surface area contributed by atoms with Crippen LogP contribution in [0, 0.1) is 0 Å². The molecule has 0 radical (unpaired) electrons. The van der Waals surface area contributed by atoms with Gasteiger partial charge in [0.15, 0.2) is 0 Å². The second-order valence-electron chi connectivity index (χ2n) is 3.88. The average molecular weight is 257 g/mol. The third kappa shape index (κ3) is 2.67. The minimum absolute atomic E-state index is 0.342. The first-order valence-electron chi connectivity index (χ1n) is 4.91. The van der Waals surface area contributed by atoms with Crippen LogP contribution in [-0.4, -0.2) is 46.3 Å². The van der Waals surface area contributed by atoms with Gasteiger partial charge in [-0.05, 0) is 19.8 Å². The number of aliphatic carboxylic acids is 1. The van der Waals surface area contributed by atoms with Crippen LogP contribution in [0.1, 0.15) is 19.8 Å². The number of nitrogens with zero attached hydrogens (tertiary/aromatic N) is 1. The van der Waals surface area contributed by atoms with Crippen LogP contribution in [0.4, 0.5) is 17.6 Å². The Morgan fingerprint density at radius 2 is 1.82 bits per heavy atom. The minimum Gasteiger partial charge on any atom is -0.480 e. The Morgan fingerprint density at radius 1 is 1.35 bits per heavy atom. The van der Waals surface area contributed by atoms with Crippen molar-refractivity contribution in [3.8, 4) is 0 Å². The Balaban J connectivity index is 2.92. The van der Waals surface area contributed by atoms with Crippen LogP contribution < -0.4 is 0 Å². The minimum atomic E-state index is -4.84. The Labute approximate surface area is 94.2 Å². The zero-order chi connectivity index (χ0) is 13.4. The van der Waals surface area contributed by atoms with Gasteiger partial charge < -0.3 is 10.0 Å². The summed E-state index contributed by atoms with van der Waals surface area (Å²) in [4.78, 5) is 22.3. The molecule has 1 rings (SSSR count). The molecule has 8 heteroatoms. The lowest BCUT2D eigenvalue weighted by Gasteiger charge is -2.29. The SMILES string of the molecule is CC(C(=O)O)N(C(=O)C(F)(F)C(F)F)C1CC1. The largest absolute Gasteiger partial charge is 0.480 e. The van der Waals surface area contributed by atoms with Crippen LogP contribution in [0.25, 0.3) is 0 Å². The molecule has 1 aliphatic rings. The number of carbonyl (C=O) groups excluding carboxylic acids is 1. The van der Waals surface area contributed by atoms with Crippen molar-refractivity contribution < 1.29 is 32.3 Å². The molecular formula is C9H11F4NO3. The molecule has 0 aromatic rings. The van der Waals surface area contributed by atoms with Gasteiger partial charge in [-0.25, -0.2) is 13.6 Å². The number of carboxylic acid groups (broad SMARTS) is 1. The smallest absolute Gasteiger partial charge is 0.383 e. The molecule has 98 valence electrons. The highest BCUT2D eigenvalue weighted by Gasteiger charge is 2.55. The third-order valence-corrected chi connectivity index (χ3v) is 2.51. The highest BCUT2D eigenvalue weighted by atomic mass is 19.3. The number of alkyl halides is 4. The first-order chi connectivity index (χ1) is 7.69. The normalized spacial score (nSPS) is 18.0. The van der Waals surface area contributed by atoms with Crippen molar-refractivity contribution in [1.29, 1.82) is 0 Å². The van der Waals surface area contributed by atoms with Gasteiger partial charge in [0.25, 0.3) is 5.91 Å². The van der Waals surface area contributed by atoms with Gasteiger partial charge >= 0.3 is 18.3 Å². The fourth-order valence-corrected chi connectivity index (χ4v) is 1.40. The van der Waals surface area contributed by atoms with Crippen LogP contribution in [0.3, 0.4) is 0 Å². The standard InChI is InChI=1S/C9H11F4NO3/c1-4(6(15)16)14(5-2-3-5)8(17)9(12,13)7(10)11/h4-5,7H,2-3H2,1H3,(H,15,16). The maximum Gasteiger partial charge on any atom is 0.383 e. The summed E-state index contributed by atoms with van der Waals surface area (Å²) < 4.78 is 49.8. The predicted octanol–water partition coefficient (Wildman–Crippen LogP) is 1.35. The van der Waals surface area contributed by atoms with Crippen LogP contribution in [-0.2, 0) is 9.59 Å². The molecule has 1 amide bonds. The Hall–Kier alpha value is -1.34. The van der Waals surface area contributed by atoms with Crippen LogP contribution in [0.15, 0.2) is 0 Å². The molecule has 4 nitrogen and oxygen atoms in total. The topological polar surface area (TPSA) is 57.6 Å². The van der Waals surface area contributed by atoms with Crippen molar-refractivity contribution in [2.75, 3.05) is 0 Å². The van der Waals surface area contributed by atoms with E-state index >= 15 is 0 Å². The summed E-state index contributed by atoms with van der Waals surface area (Å²) in [5.41, 5.74) is 0. The second kappa shape index (κ2) is 4.50. The number of carbonyl (C=O) groups is 2. The van der Waals surface area contributed by atoms with Crippen molar-refractivity contribution in [1.82, 2.24) is 4.90 Å². The summed E-state index contributed by atoms with van der Waals surface area (Å²) in [5, 5.41) is 8.66. The molecule has 0 bridgehead atoms. The third-order valence-electron chi connectivity index (χ3n) is 2.51. The van der Waals surface area contributed by atoms with Gasteiger partial charge in [0, 0.05) is 6.04 Å². The van der Waals surface area contributed by atoms with E-state index in [-0.39, 0.29) is 0 Å². The Bertz CT molecular complexity index is 330. The molecule has 0 heterocycles. The Morgan fingerprint density at radius 3 is 2.12 bits per heavy atom. The van der Waals surface area contributed by atoms with Crippen LogP contribution >= 0.6 is 0 Å². The Kier molecular flexibility index (Phi) is 3.63. The zero-order valence-electron chi connectivity index (χ0n) is 8.87. The number of rotatable bonds is 5. The zero-order valence-corrected chi connectivity index (χ0v) is 8.87. The first kappa shape index (κ1) is 13.7. The van der Waals surface area contributed by atoms with E-state index in [1.165, 1.54) is 0 Å². The van der Waals surface area contributed by atoms with E-state index in [4.69, 9.17) is 5.11 Å². The number of amides is 1. The maximum absolute atomic E-state index is 12.9. The summed E-state index contributed by atoms with van der Waals surface area (Å²) in [6.07, 6.45) is -3.44. The maximum atomic E-state index is 12.9. The lowest BCUT2D eigenvalue weighted by molar-refractivity contribution is -0.185. The van der Waals surface area contributed by atoms with Gasteiger partial charge in [-0.2, -0.15) is 8.78 Å². The fraction of sp³-hybridized carbons (Fsp3) is 0.778. The van der Waals surface area contributed by atoms with E-state index in [1.54, 1.807) is 0 Å². The summed E-state index contributed by atoms with van der Waals surface area (Å²) in [7, 11) is 0. The van der Waals surface area contributed by atoms with Crippen LogP contribution in [0.5, 0.6) is 0 Å². The summed E-state index contributed by atoms with van der Waals surface area (Å²) in [6.45, 7) is 1.01. The molecule has 1 atom stereocenters. The molecule has 1 N–H and O–H groups in total. The fourth-order valence-electron chi connectivity index (χ4n) is 1.40. The number of hydrogen-bond acceptors (Lipinski definition) is 2. The predicted molar refractivity (Wildman–Crippen MR) is 47.9 cm³/mol. The molecule has 0 spiro atoms. The molecular weight excluding hydrogens is 246 g/mol. The monoisotopic (exact) mass is 257 g/mol. The number of halogens is 4. The molecule has 1 aliphatic carbocycles. The van der Waals surface area contributed by atoms with Crippen molar-refractivity contribution in [3.05, 3.63) is 0 Å². The highest BCUT2D eigenvalue weighted by Crippen LogP contribution is 2.34. The molecule has 1 fully saturated rings. The lowest BCUT2D eigenvalue weighted by atomic mass is 10.2. The van der Waals surface area contributed by atoms with E-state index in [1.807, 2.05) is 0 Å². The van der Waals surface area contributed by atoms with Crippen molar-refractivity contribution in [3.63, 3.8) is 0 Å². The molecule has 0 aromatic heterocycles. The average Bonchev–Trinajstić information content (AvgIpc) is 3.01. The van der Waals surface area contributed by atoms with Gasteiger partial charge in [-0.3, -0.25) is 4.79 Å². The van der Waals surface area contributed by atoms with E-state index < -0.39 is 36.3 Å². The van der Waals surface area contributed by atoms with Gasteiger partial charge in [0.1, 0.15) is 6.04 Å². The van der Waals surface area contributed by atoms with E-state index in [0.717, 1.165) is 6.92 Å². The summed E-state index contributed by atoms with van der Waals surface area (Å²) in [6, 6.07) is -2.22. The van der Waals surface area contributed by atoms with Gasteiger partial charge in [-0.1, -0.05) is 0 Å². The molecule has 1 saturated carbocycles. The highest BCUT2D eigenvalue weighted by molar-refractivity contribution is 5.88. The molecule has 17 heavy (non-hydrogen) atoms. The van der Waals surface area contributed by atoms with E-state index in [0.29, 0.717) is 17.7 Å². The van der Waals surface area contributed by atoms with Crippen LogP contribution in [0.2, 0.25) is 0 Å². The number of carboxylic acids is 1. The second-order valence-corrected chi connectivity index (χ2v) is 3.88. The molecule has 0 saturated heterocycles. The summed E-state index contributed by atoms with van der Waals surface area (Å²) >= 11 is 0. The van der Waals surface area contributed by atoms with Gasteiger partial charge in [0.2, 0.25) is 0 Å². The van der Waals surface area contributed by atoms with Crippen molar-refractivity contribution in [2.24, 2.45) is 0 Å². The van der Waals surface area contributed by atoms with Crippen molar-refractivity contribution in [2.45, 2.75) is 44.2 Å². The number of hydrogen-bond donors (Lipinski definition) is 1. The van der Waals surface area contributed by atoms with Crippen molar-refractivity contribution >= 4 is 11.9 Å². The van der Waals surface area contributed by atoms with E-state index in [9.17, 15) is 27.2 Å². The van der Waals surface area contributed by atoms with E-state index in [2.05, 4.69) is 0 Å². The molecule has 0 aliphatic heterocycles. The lowest BCUT2D eigenvalue weighted by Crippen LogP contribution is -2.54. The summed E-state index contributed by atoms with van der Waals surface area (Å²) in [5.74, 6) is -8.47. The molecule has 0 aromatic carbocycles. The first-order valence-corrected chi connectivity index (χ1v) is 4.91. The van der Waals surface area contributed by atoms with Gasteiger partial charge in [-0.15, -0.1) is 0 Å². The quantitative estimate of drug-likeness (QED) is 0.756. The molecule has 1 unspecified atom stereocenters.